The summed E-state index contributed by atoms with van der Waals surface area (Å²) in [5, 5.41) is 29.0. The molecule has 0 spiro atoms. The van der Waals surface area contributed by atoms with Gasteiger partial charge < -0.3 is 21.0 Å². The summed E-state index contributed by atoms with van der Waals surface area (Å²) in [5.74, 6) is -1.77. The summed E-state index contributed by atoms with van der Waals surface area (Å²) in [7, 11) is 2.95. The first kappa shape index (κ1) is 26.4. The fourth-order valence-corrected chi connectivity index (χ4v) is 6.07. The number of β-lactam (4-membered cyclic amide) rings is 1. The third kappa shape index (κ3) is 5.08. The van der Waals surface area contributed by atoms with Crippen molar-refractivity contribution in [2.45, 2.75) is 16.6 Å². The van der Waals surface area contributed by atoms with Crippen molar-refractivity contribution < 1.29 is 24.3 Å². The molecule has 0 unspecified atom stereocenters. The first-order valence-electron chi connectivity index (χ1n) is 9.20. The third-order valence-electron chi connectivity index (χ3n) is 4.66. The Labute approximate surface area is 227 Å². The number of oxime groups is 1. The van der Waals surface area contributed by atoms with E-state index in [9.17, 15) is 19.5 Å². The topological polar surface area (TPSA) is 191 Å². The Morgan fingerprint density at radius 3 is 2.82 bits per heavy atom. The van der Waals surface area contributed by atoms with Crippen LogP contribution in [0.2, 0.25) is 0 Å². The van der Waals surface area contributed by atoms with Crippen molar-refractivity contribution in [1.29, 1.82) is 0 Å². The fraction of sp³-hybridized carbons (Fsp3) is 0.375. The number of carboxylic acid groups (broad SMARTS) is 1. The number of aryl methyl sites for hydroxylation is 1. The van der Waals surface area contributed by atoms with Gasteiger partial charge in [0.1, 0.15) is 29.9 Å². The first-order valence-corrected chi connectivity index (χ1v) is 12.1. The van der Waals surface area contributed by atoms with Gasteiger partial charge in [-0.1, -0.05) is 16.9 Å². The second kappa shape index (κ2) is 11.0. The normalized spacial score (nSPS) is 19.8. The van der Waals surface area contributed by atoms with Crippen molar-refractivity contribution in [3.05, 3.63) is 22.3 Å². The summed E-state index contributed by atoms with van der Waals surface area (Å²) in [6.07, 6.45) is 0. The minimum absolute atomic E-state index is 0. The van der Waals surface area contributed by atoms with E-state index < -0.39 is 29.2 Å². The molecule has 0 bridgehead atoms. The van der Waals surface area contributed by atoms with Crippen molar-refractivity contribution in [3.63, 3.8) is 0 Å². The molecule has 1 fully saturated rings. The molecule has 2 amide bonds. The van der Waals surface area contributed by atoms with Gasteiger partial charge in [0, 0.05) is 23.9 Å². The number of nitrogens with two attached hydrogens (primary N) is 1. The van der Waals surface area contributed by atoms with Crippen molar-refractivity contribution in [2.24, 2.45) is 12.2 Å². The number of nitrogen functional groups attached to an aromatic ring is 1. The van der Waals surface area contributed by atoms with Crippen LogP contribution in [0.15, 0.2) is 27.0 Å². The Bertz CT molecular complexity index is 1180. The summed E-state index contributed by atoms with van der Waals surface area (Å²) < 4.78 is 1.47. The zero-order valence-corrected chi connectivity index (χ0v) is 19.6. The molecule has 2 atom stereocenters. The third-order valence-corrected chi connectivity index (χ3v) is 7.77. The number of nitrogens with one attached hydrogen (secondary N) is 1. The number of aromatic nitrogens is 5. The number of anilines is 1. The van der Waals surface area contributed by atoms with E-state index in [0.717, 1.165) is 11.3 Å². The summed E-state index contributed by atoms with van der Waals surface area (Å²) in [6, 6.07) is -0.924. The molecule has 4 N–H and O–H groups in total. The number of nitrogens with zero attached hydrogens (tertiary/aromatic N) is 7. The molecule has 0 radical (unpaired) electrons. The van der Waals surface area contributed by atoms with Gasteiger partial charge in [-0.15, -0.1) is 28.2 Å². The van der Waals surface area contributed by atoms with E-state index in [0.29, 0.717) is 22.2 Å². The summed E-state index contributed by atoms with van der Waals surface area (Å²) >= 11 is 3.75. The van der Waals surface area contributed by atoms with Crippen molar-refractivity contribution >= 4 is 93.0 Å². The zero-order valence-electron chi connectivity index (χ0n) is 17.2. The summed E-state index contributed by atoms with van der Waals surface area (Å²) in [4.78, 5) is 47.6. The average molecular weight is 536 g/mol. The standard InChI is InChI=1S/C16H17N9O5S3.Na.H/c1-24-16(20-22-23-24)33-4-6-3-31-13-9(12(27)25(13)10(6)14(28)29)19-11(26)8(21-30-2)7-5-32-15(17)18-7;;/h5,9,13H,3-4H2,1-2H3,(H2,17,18)(H,19,26)(H,28,29);;/t9-,13-;;/m1../s1. The number of tetrazole rings is 1. The van der Waals surface area contributed by atoms with Gasteiger partial charge in [-0.2, -0.15) is 0 Å². The van der Waals surface area contributed by atoms with E-state index in [1.54, 1.807) is 12.4 Å². The molecule has 2 aliphatic heterocycles. The zero-order chi connectivity index (χ0) is 23.7. The molecule has 0 aromatic carbocycles. The molecule has 18 heteroatoms. The Balaban J connectivity index is 0.00000324. The van der Waals surface area contributed by atoms with Crippen LogP contribution in [0.5, 0.6) is 0 Å². The number of aliphatic carboxylic acids is 1. The predicted molar refractivity (Wildman–Crippen MR) is 126 cm³/mol. The second-order valence-electron chi connectivity index (χ2n) is 6.69. The number of carboxylic acids is 1. The van der Waals surface area contributed by atoms with Gasteiger partial charge in [0.2, 0.25) is 5.16 Å². The Hall–Kier alpha value is -2.18. The van der Waals surface area contributed by atoms with Crippen LogP contribution >= 0.6 is 34.9 Å². The Kier molecular flexibility index (Phi) is 8.58. The molecule has 0 aliphatic carbocycles. The van der Waals surface area contributed by atoms with Crippen LogP contribution < -0.4 is 11.1 Å². The average Bonchev–Trinajstić information content (AvgIpc) is 3.40. The SMILES string of the molecule is CON=C(C(=O)N[C@@H]1C(=O)N2C(C(=O)O)=C(CSc3nnnn3C)CS[C@H]12)c1csc(N)n1.[NaH]. The number of carbonyl (C=O) groups excluding carboxylic acids is 2. The van der Waals surface area contributed by atoms with Gasteiger partial charge in [-0.05, 0) is 16.0 Å². The van der Waals surface area contributed by atoms with Crippen LogP contribution in [0.25, 0.3) is 0 Å². The monoisotopic (exact) mass is 535 g/mol. The van der Waals surface area contributed by atoms with Gasteiger partial charge in [-0.3, -0.25) is 14.5 Å². The number of thiazole rings is 1. The molecular weight excluding hydrogens is 517 g/mol. The molecule has 2 aromatic heterocycles. The number of thioether (sulfide) groups is 2. The van der Waals surface area contributed by atoms with E-state index in [-0.39, 0.29) is 51.8 Å². The quantitative estimate of drug-likeness (QED) is 0.116. The predicted octanol–water partition coefficient (Wildman–Crippen LogP) is -1.52. The van der Waals surface area contributed by atoms with Gasteiger partial charge in [0.25, 0.3) is 11.8 Å². The summed E-state index contributed by atoms with van der Waals surface area (Å²) in [5.41, 5.74) is 6.17. The molecule has 1 saturated heterocycles. The molecule has 14 nitrogen and oxygen atoms in total. The molecule has 4 heterocycles. The van der Waals surface area contributed by atoms with Gasteiger partial charge in [-0.25, -0.2) is 14.5 Å². The molecule has 2 aromatic rings. The molecular formula is C16H18N9NaO5S3. The number of hydrogen-bond acceptors (Lipinski definition) is 13. The van der Waals surface area contributed by atoms with E-state index in [1.165, 1.54) is 40.2 Å². The number of amides is 2. The maximum absolute atomic E-state index is 12.9. The van der Waals surface area contributed by atoms with Crippen LogP contribution in [-0.4, -0.2) is 118 Å². The molecule has 176 valence electrons. The Morgan fingerprint density at radius 2 is 2.24 bits per heavy atom. The van der Waals surface area contributed by atoms with E-state index in [1.807, 2.05) is 0 Å². The van der Waals surface area contributed by atoms with Gasteiger partial charge >= 0.3 is 35.5 Å². The van der Waals surface area contributed by atoms with E-state index in [4.69, 9.17) is 10.6 Å². The van der Waals surface area contributed by atoms with Crippen LogP contribution in [0.1, 0.15) is 5.69 Å². The molecule has 4 rings (SSSR count). The van der Waals surface area contributed by atoms with Crippen molar-refractivity contribution in [2.75, 3.05) is 24.3 Å². The first-order chi connectivity index (χ1) is 15.8. The molecule has 0 saturated carbocycles. The van der Waals surface area contributed by atoms with E-state index >= 15 is 0 Å². The summed E-state index contributed by atoms with van der Waals surface area (Å²) in [6.45, 7) is 0. The Morgan fingerprint density at radius 1 is 1.47 bits per heavy atom. The van der Waals surface area contributed by atoms with Crippen LogP contribution in [0, 0.1) is 0 Å². The van der Waals surface area contributed by atoms with Gasteiger partial charge in [0.05, 0.1) is 0 Å². The second-order valence-corrected chi connectivity index (χ2v) is 9.62. The van der Waals surface area contributed by atoms with E-state index in [2.05, 4.69) is 31.0 Å². The number of fused-ring (bicyclic) bond motifs is 1. The van der Waals surface area contributed by atoms with Crippen LogP contribution in [0.3, 0.4) is 0 Å². The van der Waals surface area contributed by atoms with Crippen LogP contribution in [-0.2, 0) is 26.3 Å². The van der Waals surface area contributed by atoms with Crippen molar-refractivity contribution in [3.8, 4) is 0 Å². The van der Waals surface area contributed by atoms with Crippen molar-refractivity contribution in [1.82, 2.24) is 35.4 Å². The molecule has 34 heavy (non-hydrogen) atoms. The van der Waals surface area contributed by atoms with Crippen LogP contribution in [0.4, 0.5) is 5.13 Å². The number of rotatable bonds is 8. The maximum atomic E-state index is 12.9. The molecule has 2 aliphatic rings. The number of carbonyl (C=O) groups is 3. The minimum atomic E-state index is -1.22. The fourth-order valence-electron chi connectivity index (χ4n) is 3.19. The van der Waals surface area contributed by atoms with Gasteiger partial charge in [0.15, 0.2) is 10.8 Å². The number of hydrogen-bond donors (Lipinski definition) is 3.